The van der Waals surface area contributed by atoms with Crippen LogP contribution < -0.4 is 10.2 Å². The Morgan fingerprint density at radius 2 is 2.14 bits per heavy atom. The minimum atomic E-state index is 0.266. The fourth-order valence-corrected chi connectivity index (χ4v) is 2.99. The summed E-state index contributed by atoms with van der Waals surface area (Å²) in [6.45, 7) is 14.4. The van der Waals surface area contributed by atoms with Crippen molar-refractivity contribution in [1.82, 2.24) is 10.3 Å². The van der Waals surface area contributed by atoms with Crippen molar-refractivity contribution in [1.29, 1.82) is 0 Å². The highest BCUT2D eigenvalue weighted by Gasteiger charge is 2.28. The smallest absolute Gasteiger partial charge is 0.134 e. The molecule has 4 nitrogen and oxygen atoms in total. The first-order valence-electron chi connectivity index (χ1n) is 8.12. The third-order valence-electron chi connectivity index (χ3n) is 4.22. The fourth-order valence-electron chi connectivity index (χ4n) is 2.99. The maximum atomic E-state index is 5.83. The Kier molecular flexibility index (Phi) is 5.59. The van der Waals surface area contributed by atoms with Gasteiger partial charge in [-0.25, -0.2) is 4.98 Å². The van der Waals surface area contributed by atoms with Crippen LogP contribution in [0.5, 0.6) is 0 Å². The van der Waals surface area contributed by atoms with Crippen molar-refractivity contribution in [3.8, 4) is 0 Å². The molecule has 1 aromatic rings. The highest BCUT2D eigenvalue weighted by molar-refractivity contribution is 5.53. The highest BCUT2D eigenvalue weighted by atomic mass is 16.5. The van der Waals surface area contributed by atoms with Gasteiger partial charge in [0.05, 0.1) is 18.8 Å². The zero-order valence-corrected chi connectivity index (χ0v) is 14.1. The van der Waals surface area contributed by atoms with E-state index in [1.54, 1.807) is 0 Å². The molecule has 0 bridgehead atoms. The number of anilines is 1. The van der Waals surface area contributed by atoms with Gasteiger partial charge in [-0.1, -0.05) is 13.8 Å². The van der Waals surface area contributed by atoms with Crippen molar-refractivity contribution in [3.05, 3.63) is 22.9 Å². The number of aromatic nitrogens is 1. The molecule has 2 atom stereocenters. The molecule has 1 fully saturated rings. The summed E-state index contributed by atoms with van der Waals surface area (Å²) in [7, 11) is 0. The number of ether oxygens (including phenoxy) is 1. The van der Waals surface area contributed by atoms with Crippen LogP contribution in [0.25, 0.3) is 0 Å². The van der Waals surface area contributed by atoms with Crippen LogP contribution in [0.1, 0.15) is 44.0 Å². The highest BCUT2D eigenvalue weighted by Crippen LogP contribution is 2.28. The van der Waals surface area contributed by atoms with Crippen LogP contribution in [0, 0.1) is 13.8 Å². The Morgan fingerprint density at radius 3 is 2.81 bits per heavy atom. The van der Waals surface area contributed by atoms with E-state index in [1.165, 1.54) is 11.1 Å². The molecule has 2 rings (SSSR count). The second-order valence-corrected chi connectivity index (χ2v) is 6.02. The first-order valence-corrected chi connectivity index (χ1v) is 8.12. The topological polar surface area (TPSA) is 37.4 Å². The van der Waals surface area contributed by atoms with Crippen LogP contribution in [-0.4, -0.2) is 36.8 Å². The quantitative estimate of drug-likeness (QED) is 0.905. The molecule has 1 aliphatic heterocycles. The van der Waals surface area contributed by atoms with Crippen molar-refractivity contribution in [2.45, 2.75) is 59.7 Å². The average molecular weight is 291 g/mol. The summed E-state index contributed by atoms with van der Waals surface area (Å²) in [6.07, 6.45) is 1.35. The summed E-state index contributed by atoms with van der Waals surface area (Å²) < 4.78 is 5.83. The third-order valence-corrected chi connectivity index (χ3v) is 4.22. The largest absolute Gasteiger partial charge is 0.375 e. The van der Waals surface area contributed by atoms with E-state index in [9.17, 15) is 0 Å². The van der Waals surface area contributed by atoms with Gasteiger partial charge in [-0.3, -0.25) is 0 Å². The van der Waals surface area contributed by atoms with Gasteiger partial charge in [0.1, 0.15) is 5.82 Å². The van der Waals surface area contributed by atoms with E-state index >= 15 is 0 Å². The zero-order chi connectivity index (χ0) is 15.4. The summed E-state index contributed by atoms with van der Waals surface area (Å²) in [5, 5.41) is 3.45. The maximum absolute atomic E-state index is 5.83. The minimum absolute atomic E-state index is 0.266. The standard InChI is InChI=1S/C17H29N3O/c1-6-15-11-21-14(5)10-20(15)17-16(9-18-7-2)12(3)8-13(4)19-17/h8,14-15,18H,6-7,9-11H2,1-5H3. The monoisotopic (exact) mass is 291 g/mol. The van der Waals surface area contributed by atoms with Gasteiger partial charge in [-0.15, -0.1) is 0 Å². The molecular weight excluding hydrogens is 262 g/mol. The van der Waals surface area contributed by atoms with Crippen molar-refractivity contribution in [2.75, 3.05) is 24.6 Å². The first-order chi connectivity index (χ1) is 10.1. The van der Waals surface area contributed by atoms with Crippen LogP contribution in [0.4, 0.5) is 5.82 Å². The van der Waals surface area contributed by atoms with Gasteiger partial charge >= 0.3 is 0 Å². The lowest BCUT2D eigenvalue weighted by Gasteiger charge is -2.40. The summed E-state index contributed by atoms with van der Waals surface area (Å²) in [5.41, 5.74) is 3.75. The molecule has 1 aliphatic rings. The molecule has 1 saturated heterocycles. The lowest BCUT2D eigenvalue weighted by atomic mass is 10.1. The molecule has 2 unspecified atom stereocenters. The molecule has 2 heterocycles. The lowest BCUT2D eigenvalue weighted by Crippen LogP contribution is -2.49. The molecule has 0 saturated carbocycles. The van der Waals surface area contributed by atoms with Gasteiger partial charge in [0, 0.05) is 24.3 Å². The van der Waals surface area contributed by atoms with E-state index in [1.807, 2.05) is 0 Å². The van der Waals surface area contributed by atoms with Crippen molar-refractivity contribution in [3.63, 3.8) is 0 Å². The number of hydrogen-bond acceptors (Lipinski definition) is 4. The van der Waals surface area contributed by atoms with Gasteiger partial charge in [0.15, 0.2) is 0 Å². The Morgan fingerprint density at radius 1 is 1.38 bits per heavy atom. The molecule has 118 valence electrons. The summed E-state index contributed by atoms with van der Waals surface area (Å²) in [5.74, 6) is 1.15. The van der Waals surface area contributed by atoms with Crippen molar-refractivity contribution >= 4 is 5.82 Å². The predicted molar refractivity (Wildman–Crippen MR) is 87.9 cm³/mol. The summed E-state index contributed by atoms with van der Waals surface area (Å²) in [4.78, 5) is 7.33. The molecule has 21 heavy (non-hydrogen) atoms. The Bertz CT molecular complexity index is 475. The van der Waals surface area contributed by atoms with Gasteiger partial charge < -0.3 is 15.0 Å². The predicted octanol–water partition coefficient (Wildman–Crippen LogP) is 2.81. The van der Waals surface area contributed by atoms with Crippen LogP contribution >= 0.6 is 0 Å². The molecule has 4 heteroatoms. The SMILES string of the molecule is CCNCc1c(C)cc(C)nc1N1CC(C)OCC1CC. The number of aryl methyl sites for hydroxylation is 2. The van der Waals surface area contributed by atoms with Gasteiger partial charge in [-0.2, -0.15) is 0 Å². The van der Waals surface area contributed by atoms with E-state index in [2.05, 4.69) is 50.9 Å². The van der Waals surface area contributed by atoms with E-state index in [0.29, 0.717) is 6.04 Å². The normalized spacial score (nSPS) is 22.6. The number of morpholine rings is 1. The third kappa shape index (κ3) is 3.74. The number of hydrogen-bond donors (Lipinski definition) is 1. The number of nitrogens with zero attached hydrogens (tertiary/aromatic N) is 2. The Balaban J connectivity index is 2.39. The Hall–Kier alpha value is -1.13. The second-order valence-electron chi connectivity index (χ2n) is 6.02. The van der Waals surface area contributed by atoms with E-state index < -0.39 is 0 Å². The van der Waals surface area contributed by atoms with E-state index in [-0.39, 0.29) is 6.10 Å². The van der Waals surface area contributed by atoms with Crippen LogP contribution in [0.3, 0.4) is 0 Å². The fraction of sp³-hybridized carbons (Fsp3) is 0.706. The number of rotatable bonds is 5. The van der Waals surface area contributed by atoms with Crippen LogP contribution in [0.2, 0.25) is 0 Å². The minimum Gasteiger partial charge on any atom is -0.375 e. The maximum Gasteiger partial charge on any atom is 0.134 e. The number of nitrogens with one attached hydrogen (secondary N) is 1. The zero-order valence-electron chi connectivity index (χ0n) is 14.1. The molecule has 0 aromatic carbocycles. The molecular formula is C17H29N3O. The molecule has 1 aromatic heterocycles. The molecule has 0 spiro atoms. The lowest BCUT2D eigenvalue weighted by molar-refractivity contribution is 0.0295. The van der Waals surface area contributed by atoms with Gasteiger partial charge in [0.2, 0.25) is 0 Å². The molecule has 1 N–H and O–H groups in total. The van der Waals surface area contributed by atoms with Crippen LogP contribution in [0.15, 0.2) is 6.07 Å². The van der Waals surface area contributed by atoms with Crippen LogP contribution in [-0.2, 0) is 11.3 Å². The van der Waals surface area contributed by atoms with Gasteiger partial charge in [-0.05, 0) is 45.4 Å². The number of pyridine rings is 1. The summed E-state index contributed by atoms with van der Waals surface area (Å²) in [6, 6.07) is 2.61. The first kappa shape index (κ1) is 16.2. The van der Waals surface area contributed by atoms with Crippen molar-refractivity contribution in [2.24, 2.45) is 0 Å². The molecule has 0 aliphatic carbocycles. The Labute approximate surface area is 128 Å². The molecule has 0 radical (unpaired) electrons. The second kappa shape index (κ2) is 7.23. The van der Waals surface area contributed by atoms with Crippen molar-refractivity contribution < 1.29 is 4.74 Å². The molecule has 0 amide bonds. The van der Waals surface area contributed by atoms with E-state index in [0.717, 1.165) is 44.2 Å². The average Bonchev–Trinajstić information content (AvgIpc) is 2.45. The summed E-state index contributed by atoms with van der Waals surface area (Å²) >= 11 is 0. The van der Waals surface area contributed by atoms with Gasteiger partial charge in [0.25, 0.3) is 0 Å². The van der Waals surface area contributed by atoms with E-state index in [4.69, 9.17) is 9.72 Å².